The van der Waals surface area contributed by atoms with Gasteiger partial charge in [0.15, 0.2) is 0 Å². The Labute approximate surface area is 42.1 Å². The van der Waals surface area contributed by atoms with E-state index in [0.29, 0.717) is 0 Å². The largest absolute Gasteiger partial charge is 0.465 e. The zero-order chi connectivity index (χ0) is 5.70. The van der Waals surface area contributed by atoms with E-state index in [2.05, 4.69) is 17.0 Å². The smallest absolute Gasteiger partial charge is 0.338 e. The van der Waals surface area contributed by atoms with Crippen LogP contribution in [0.3, 0.4) is 0 Å². The summed E-state index contributed by atoms with van der Waals surface area (Å²) >= 11 is 0. The third kappa shape index (κ3) is 2.80. The van der Waals surface area contributed by atoms with Gasteiger partial charge in [-0.1, -0.05) is 6.58 Å². The lowest BCUT2D eigenvalue weighted by Crippen LogP contribution is -1.91. The lowest BCUT2D eigenvalue weighted by Gasteiger charge is -1.82. The molecule has 0 aliphatic carbocycles. The Bertz CT molecular complexity index is 109. The predicted octanol–water partition coefficient (Wildman–Crippen LogP) is 0.500. The fourth-order valence-corrected chi connectivity index (χ4v) is 0.142. The van der Waals surface area contributed by atoms with Crippen LogP contribution in [0.15, 0.2) is 18.4 Å². The Balaban J connectivity index is 3.58. The first-order chi connectivity index (χ1) is 3.31. The summed E-state index contributed by atoms with van der Waals surface area (Å²) in [5.41, 5.74) is 2.27. The molecule has 0 fully saturated rings. The number of methoxy groups -OCH3 is 1. The van der Waals surface area contributed by atoms with Crippen LogP contribution in [-0.4, -0.2) is 13.1 Å². The van der Waals surface area contributed by atoms with Crippen molar-refractivity contribution in [2.24, 2.45) is 0 Å². The highest BCUT2D eigenvalue weighted by atomic mass is 16.5. The third-order valence-electron chi connectivity index (χ3n) is 0.421. The summed E-state index contributed by atoms with van der Waals surface area (Å²) in [6.45, 7) is 3.17. The highest BCUT2D eigenvalue weighted by Crippen LogP contribution is 1.70. The second-order valence-corrected chi connectivity index (χ2v) is 0.872. The molecular formula is C5H6O2. The van der Waals surface area contributed by atoms with Gasteiger partial charge in [-0.3, -0.25) is 0 Å². The molecule has 0 aromatic carbocycles. The minimum Gasteiger partial charge on any atom is -0.465 e. The maximum atomic E-state index is 10.0. The van der Waals surface area contributed by atoms with Gasteiger partial charge < -0.3 is 4.74 Å². The average molecular weight is 98.1 g/mol. The van der Waals surface area contributed by atoms with Crippen molar-refractivity contribution in [1.82, 2.24) is 0 Å². The molecule has 0 radical (unpaired) electrons. The van der Waals surface area contributed by atoms with Crippen LogP contribution in [0.5, 0.6) is 0 Å². The lowest BCUT2D eigenvalue weighted by molar-refractivity contribution is -0.134. The molecule has 0 atom stereocenters. The van der Waals surface area contributed by atoms with Crippen molar-refractivity contribution in [2.45, 2.75) is 0 Å². The first-order valence-corrected chi connectivity index (χ1v) is 1.75. The number of esters is 1. The Kier molecular flexibility index (Phi) is 2.73. The lowest BCUT2D eigenvalue weighted by atomic mass is 10.6. The molecule has 0 aliphatic rings. The summed E-state index contributed by atoms with van der Waals surface area (Å²) in [5, 5.41) is 0. The summed E-state index contributed by atoms with van der Waals surface area (Å²) in [7, 11) is 1.30. The first kappa shape index (κ1) is 5.99. The molecule has 0 aliphatic heterocycles. The molecule has 38 valence electrons. The van der Waals surface area contributed by atoms with Gasteiger partial charge >= 0.3 is 5.97 Å². The molecule has 7 heavy (non-hydrogen) atoms. The molecule has 2 heteroatoms. The number of ether oxygens (including phenoxy) is 1. The van der Waals surface area contributed by atoms with Crippen LogP contribution in [0.1, 0.15) is 0 Å². The molecule has 0 N–H and O–H groups in total. The molecule has 0 saturated carbocycles. The minimum atomic E-state index is -0.421. The number of carbonyl (C=O) groups is 1. The highest BCUT2D eigenvalue weighted by Gasteiger charge is 1.84. The molecular weight excluding hydrogens is 92.1 g/mol. The van der Waals surface area contributed by atoms with Crippen LogP contribution in [0.2, 0.25) is 0 Å². The van der Waals surface area contributed by atoms with Crippen LogP contribution in [0.25, 0.3) is 0 Å². The number of hydrogen-bond donors (Lipinski definition) is 0. The zero-order valence-electron chi connectivity index (χ0n) is 4.10. The van der Waals surface area contributed by atoms with E-state index in [-0.39, 0.29) is 0 Å². The van der Waals surface area contributed by atoms with Crippen LogP contribution >= 0.6 is 0 Å². The molecule has 2 nitrogen and oxygen atoms in total. The van der Waals surface area contributed by atoms with E-state index < -0.39 is 5.97 Å². The fraction of sp³-hybridized carbons (Fsp3) is 0.200. The van der Waals surface area contributed by atoms with E-state index in [4.69, 9.17) is 0 Å². The van der Waals surface area contributed by atoms with Crippen molar-refractivity contribution in [3.8, 4) is 0 Å². The molecule has 0 bridgehead atoms. The topological polar surface area (TPSA) is 26.3 Å². The number of rotatable bonds is 1. The summed E-state index contributed by atoms with van der Waals surface area (Å²) in [6, 6.07) is 0. The number of carbonyl (C=O) groups excluding carboxylic acids is 1. The monoisotopic (exact) mass is 98.0 g/mol. The average Bonchev–Trinajstić information content (AvgIpc) is 1.68. The summed E-state index contributed by atoms with van der Waals surface area (Å²) in [6.07, 6.45) is 1.12. The van der Waals surface area contributed by atoms with Crippen molar-refractivity contribution >= 4 is 5.97 Å². The normalized spacial score (nSPS) is 6.43. The molecule has 0 aromatic heterocycles. The van der Waals surface area contributed by atoms with Gasteiger partial charge in [-0.05, 0) is 0 Å². The standard InChI is InChI=1S/C5H6O2/c1-3-4-5(6)7-2/h4H,1H2,2H3. The van der Waals surface area contributed by atoms with Crippen LogP contribution in [0.4, 0.5) is 0 Å². The van der Waals surface area contributed by atoms with Gasteiger partial charge in [0.1, 0.15) is 0 Å². The maximum Gasteiger partial charge on any atom is 0.338 e. The Morgan fingerprint density at radius 3 is 2.71 bits per heavy atom. The van der Waals surface area contributed by atoms with E-state index in [0.717, 1.165) is 6.08 Å². The SMILES string of the molecule is C=C=CC(=O)OC. The molecule has 0 unspecified atom stereocenters. The first-order valence-electron chi connectivity index (χ1n) is 1.75. The highest BCUT2D eigenvalue weighted by molar-refractivity contribution is 5.81. The molecule has 0 rings (SSSR count). The van der Waals surface area contributed by atoms with Crippen molar-refractivity contribution in [2.75, 3.05) is 7.11 Å². The van der Waals surface area contributed by atoms with Crippen LogP contribution < -0.4 is 0 Å². The zero-order valence-corrected chi connectivity index (χ0v) is 4.10. The second kappa shape index (κ2) is 3.19. The molecule has 0 saturated heterocycles. The van der Waals surface area contributed by atoms with Gasteiger partial charge in [-0.2, -0.15) is 0 Å². The molecule has 0 heterocycles. The predicted molar refractivity (Wildman–Crippen MR) is 25.7 cm³/mol. The van der Waals surface area contributed by atoms with Gasteiger partial charge in [-0.25, -0.2) is 4.79 Å². The fourth-order valence-electron chi connectivity index (χ4n) is 0.142. The van der Waals surface area contributed by atoms with Gasteiger partial charge in [0.05, 0.1) is 13.2 Å². The Morgan fingerprint density at radius 1 is 2.00 bits per heavy atom. The van der Waals surface area contributed by atoms with E-state index in [1.807, 2.05) is 0 Å². The molecule has 0 amide bonds. The van der Waals surface area contributed by atoms with E-state index >= 15 is 0 Å². The minimum absolute atomic E-state index is 0.421. The van der Waals surface area contributed by atoms with Gasteiger partial charge in [0.25, 0.3) is 0 Å². The molecule has 0 spiro atoms. The Morgan fingerprint density at radius 2 is 2.57 bits per heavy atom. The van der Waals surface area contributed by atoms with Gasteiger partial charge in [0, 0.05) is 0 Å². The summed E-state index contributed by atoms with van der Waals surface area (Å²) in [5.74, 6) is -0.421. The van der Waals surface area contributed by atoms with Crippen LogP contribution in [-0.2, 0) is 9.53 Å². The van der Waals surface area contributed by atoms with E-state index in [1.165, 1.54) is 7.11 Å². The van der Waals surface area contributed by atoms with Crippen molar-refractivity contribution in [3.63, 3.8) is 0 Å². The Hall–Kier alpha value is -1.01. The van der Waals surface area contributed by atoms with E-state index in [9.17, 15) is 4.79 Å². The van der Waals surface area contributed by atoms with E-state index in [1.54, 1.807) is 0 Å². The maximum absolute atomic E-state index is 10.0. The van der Waals surface area contributed by atoms with Crippen LogP contribution in [0, 0.1) is 0 Å². The summed E-state index contributed by atoms with van der Waals surface area (Å²) in [4.78, 5) is 10.0. The van der Waals surface area contributed by atoms with Gasteiger partial charge in [-0.15, -0.1) is 5.73 Å². The van der Waals surface area contributed by atoms with Crippen molar-refractivity contribution < 1.29 is 9.53 Å². The quantitative estimate of drug-likeness (QED) is 0.271. The van der Waals surface area contributed by atoms with Crippen molar-refractivity contribution in [3.05, 3.63) is 18.4 Å². The second-order valence-electron chi connectivity index (χ2n) is 0.872. The molecule has 0 aromatic rings. The summed E-state index contributed by atoms with van der Waals surface area (Å²) < 4.78 is 4.19. The van der Waals surface area contributed by atoms with Crippen molar-refractivity contribution in [1.29, 1.82) is 0 Å². The van der Waals surface area contributed by atoms with Gasteiger partial charge in [0.2, 0.25) is 0 Å². The number of hydrogen-bond acceptors (Lipinski definition) is 2. The third-order valence-corrected chi connectivity index (χ3v) is 0.421.